The number of carbonyl (C=O) groups is 1. The lowest BCUT2D eigenvalue weighted by atomic mass is 9.83. The van der Waals surface area contributed by atoms with E-state index in [9.17, 15) is 9.18 Å². The number of para-hydroxylation sites is 1. The number of nitrogens with one attached hydrogen (secondary N) is 1. The lowest BCUT2D eigenvalue weighted by molar-refractivity contribution is 0.180. The summed E-state index contributed by atoms with van der Waals surface area (Å²) in [7, 11) is 0. The lowest BCUT2D eigenvalue weighted by Crippen LogP contribution is -2.62. The number of benzene rings is 2. The van der Waals surface area contributed by atoms with E-state index in [-0.39, 0.29) is 11.8 Å². The molecule has 184 valence electrons. The van der Waals surface area contributed by atoms with Gasteiger partial charge in [0.25, 0.3) is 0 Å². The van der Waals surface area contributed by atoms with E-state index in [1.54, 1.807) is 11.0 Å². The van der Waals surface area contributed by atoms with E-state index < -0.39 is 5.54 Å². The van der Waals surface area contributed by atoms with Crippen molar-refractivity contribution < 1.29 is 13.9 Å². The number of piperidine rings is 1. The number of hydrogen-bond acceptors (Lipinski definition) is 4. The predicted molar refractivity (Wildman–Crippen MR) is 135 cm³/mol. The molecule has 4 aliphatic rings. The number of fused-ring (bicyclic) bond motifs is 1. The summed E-state index contributed by atoms with van der Waals surface area (Å²) in [6, 6.07) is 12.8. The highest BCUT2D eigenvalue weighted by Crippen LogP contribution is 2.40. The quantitative estimate of drug-likeness (QED) is 0.671. The maximum atomic E-state index is 14.2. The Morgan fingerprint density at radius 1 is 1.09 bits per heavy atom. The largest absolute Gasteiger partial charge is 0.493 e. The Labute approximate surface area is 206 Å². The van der Waals surface area contributed by atoms with Crippen molar-refractivity contribution in [3.8, 4) is 5.75 Å². The number of nitrogens with zero attached hydrogens (tertiary/aromatic N) is 3. The maximum absolute atomic E-state index is 14.2. The van der Waals surface area contributed by atoms with Crippen LogP contribution >= 0.6 is 0 Å². The van der Waals surface area contributed by atoms with Gasteiger partial charge in [-0.1, -0.05) is 43.5 Å². The van der Waals surface area contributed by atoms with E-state index in [0.29, 0.717) is 11.7 Å². The van der Waals surface area contributed by atoms with Gasteiger partial charge >= 0.3 is 6.03 Å². The van der Waals surface area contributed by atoms with Crippen LogP contribution < -0.4 is 15.0 Å². The number of aliphatic imine (C=N–C) groups is 1. The average molecular weight is 477 g/mol. The molecule has 1 saturated carbocycles. The van der Waals surface area contributed by atoms with Crippen molar-refractivity contribution in [3.63, 3.8) is 0 Å². The summed E-state index contributed by atoms with van der Waals surface area (Å²) in [5, 5.41) is 3.68. The summed E-state index contributed by atoms with van der Waals surface area (Å²) in [6.45, 7) is 3.24. The van der Waals surface area contributed by atoms with Crippen LogP contribution in [0, 0.1) is 5.82 Å². The van der Waals surface area contributed by atoms with Gasteiger partial charge in [0.2, 0.25) is 0 Å². The number of halogens is 1. The third-order valence-corrected chi connectivity index (χ3v) is 8.15. The third-order valence-electron chi connectivity index (χ3n) is 8.15. The lowest BCUT2D eigenvalue weighted by Gasteiger charge is -2.45. The number of ether oxygens (including phenoxy) is 1. The first-order valence-corrected chi connectivity index (χ1v) is 13.0. The Morgan fingerprint density at radius 2 is 1.89 bits per heavy atom. The fourth-order valence-corrected chi connectivity index (χ4v) is 6.31. The van der Waals surface area contributed by atoms with Gasteiger partial charge in [-0.3, -0.25) is 9.80 Å². The monoisotopic (exact) mass is 476 g/mol. The second kappa shape index (κ2) is 9.26. The van der Waals surface area contributed by atoms with Crippen LogP contribution in [0.2, 0.25) is 0 Å². The topological polar surface area (TPSA) is 57.2 Å². The molecule has 0 bridgehead atoms. The molecule has 2 fully saturated rings. The average Bonchev–Trinajstić information content (AvgIpc) is 3.45. The van der Waals surface area contributed by atoms with E-state index in [4.69, 9.17) is 4.74 Å². The van der Waals surface area contributed by atoms with Gasteiger partial charge in [0.1, 0.15) is 22.9 Å². The first-order chi connectivity index (χ1) is 17.1. The minimum Gasteiger partial charge on any atom is -0.493 e. The third kappa shape index (κ3) is 4.20. The second-order valence-corrected chi connectivity index (χ2v) is 10.3. The molecule has 1 aliphatic carbocycles. The van der Waals surface area contributed by atoms with E-state index >= 15 is 0 Å². The Bertz CT molecular complexity index is 1140. The molecule has 2 aromatic carbocycles. The molecule has 0 aromatic heterocycles. The number of likely N-dealkylation sites (tertiary alicyclic amines) is 1. The molecule has 1 N–H and O–H groups in total. The number of urea groups is 1. The Kier molecular flexibility index (Phi) is 5.96. The zero-order chi connectivity index (χ0) is 23.8. The van der Waals surface area contributed by atoms with Gasteiger partial charge in [-0.2, -0.15) is 4.99 Å². The fourth-order valence-electron chi connectivity index (χ4n) is 6.31. The first kappa shape index (κ1) is 22.5. The van der Waals surface area contributed by atoms with Gasteiger partial charge in [-0.15, -0.1) is 0 Å². The van der Waals surface area contributed by atoms with Gasteiger partial charge in [-0.25, -0.2) is 9.18 Å². The summed E-state index contributed by atoms with van der Waals surface area (Å²) >= 11 is 0. The number of amides is 2. The molecule has 2 amide bonds. The van der Waals surface area contributed by atoms with Crippen molar-refractivity contribution in [3.05, 3.63) is 59.4 Å². The van der Waals surface area contributed by atoms with Crippen molar-refractivity contribution in [2.75, 3.05) is 24.6 Å². The molecule has 2 aromatic rings. The summed E-state index contributed by atoms with van der Waals surface area (Å²) in [5.41, 5.74) is 2.55. The van der Waals surface area contributed by atoms with Crippen molar-refractivity contribution in [1.82, 2.24) is 10.2 Å². The summed E-state index contributed by atoms with van der Waals surface area (Å²) in [6.07, 6.45) is 8.37. The minimum atomic E-state index is -0.562. The van der Waals surface area contributed by atoms with Crippen LogP contribution in [-0.4, -0.2) is 48.0 Å². The predicted octanol–water partition coefficient (Wildman–Crippen LogP) is 5.06. The van der Waals surface area contributed by atoms with Crippen LogP contribution in [0.3, 0.4) is 0 Å². The highest BCUT2D eigenvalue weighted by Gasteiger charge is 2.52. The zero-order valence-electron chi connectivity index (χ0n) is 20.1. The van der Waals surface area contributed by atoms with Gasteiger partial charge < -0.3 is 10.1 Å². The molecular formula is C28H33FN4O2. The normalized spacial score (nSPS) is 22.3. The van der Waals surface area contributed by atoms with E-state index in [1.165, 1.54) is 42.5 Å². The van der Waals surface area contributed by atoms with Crippen LogP contribution in [0.25, 0.3) is 0 Å². The van der Waals surface area contributed by atoms with Crippen LogP contribution in [0.5, 0.6) is 5.75 Å². The van der Waals surface area contributed by atoms with Gasteiger partial charge in [0.05, 0.1) is 6.61 Å². The molecule has 1 spiro atoms. The summed E-state index contributed by atoms with van der Waals surface area (Å²) in [4.78, 5) is 22.0. The molecule has 3 aliphatic heterocycles. The van der Waals surface area contributed by atoms with Crippen molar-refractivity contribution >= 4 is 17.6 Å². The number of carbonyl (C=O) groups excluding carboxylic acids is 1. The fraction of sp³-hybridized carbons (Fsp3) is 0.500. The second-order valence-electron chi connectivity index (χ2n) is 10.3. The molecule has 0 unspecified atom stereocenters. The highest BCUT2D eigenvalue weighted by molar-refractivity contribution is 6.16. The van der Waals surface area contributed by atoms with Crippen LogP contribution in [-0.2, 0) is 13.0 Å². The van der Waals surface area contributed by atoms with Crippen molar-refractivity contribution in [2.45, 2.75) is 69.5 Å². The Balaban J connectivity index is 1.25. The van der Waals surface area contributed by atoms with Crippen molar-refractivity contribution in [1.29, 1.82) is 0 Å². The van der Waals surface area contributed by atoms with Crippen LogP contribution in [0.1, 0.15) is 56.1 Å². The zero-order valence-corrected chi connectivity index (χ0v) is 20.1. The molecular weight excluding hydrogens is 443 g/mol. The van der Waals surface area contributed by atoms with Gasteiger partial charge in [0, 0.05) is 43.3 Å². The van der Waals surface area contributed by atoms with E-state index in [2.05, 4.69) is 33.4 Å². The number of anilines is 1. The number of hydrogen-bond donors (Lipinski definition) is 1. The van der Waals surface area contributed by atoms with E-state index in [0.717, 1.165) is 69.9 Å². The molecule has 0 atom stereocenters. The van der Waals surface area contributed by atoms with Crippen LogP contribution in [0.15, 0.2) is 47.5 Å². The number of rotatable bonds is 4. The van der Waals surface area contributed by atoms with E-state index in [1.807, 2.05) is 6.07 Å². The molecule has 1 saturated heterocycles. The standard InChI is InChI=1S/C28H33FN4O2/c29-22-8-5-11-24(18-22)33-27(34)31-26(30-23-9-2-1-3-10-23)28(33)13-15-32(16-14-28)19-21-7-4-6-20-12-17-35-25(20)21/h4-8,11,18,23H,1-3,9-10,12-17,19H2,(H,30,31,34). The molecule has 6 rings (SSSR count). The Morgan fingerprint density at radius 3 is 2.69 bits per heavy atom. The van der Waals surface area contributed by atoms with Crippen molar-refractivity contribution in [2.24, 2.45) is 4.99 Å². The summed E-state index contributed by atoms with van der Waals surface area (Å²) in [5.74, 6) is 1.49. The first-order valence-electron chi connectivity index (χ1n) is 13.0. The van der Waals surface area contributed by atoms with Gasteiger partial charge in [-0.05, 0) is 49.4 Å². The van der Waals surface area contributed by atoms with Gasteiger partial charge in [0.15, 0.2) is 0 Å². The molecule has 35 heavy (non-hydrogen) atoms. The highest BCUT2D eigenvalue weighted by atomic mass is 19.1. The van der Waals surface area contributed by atoms with Crippen LogP contribution in [0.4, 0.5) is 14.9 Å². The number of amidine groups is 1. The molecule has 7 heteroatoms. The maximum Gasteiger partial charge on any atom is 0.350 e. The Hall–Kier alpha value is -2.93. The molecule has 6 nitrogen and oxygen atoms in total. The minimum absolute atomic E-state index is 0.295. The molecule has 0 radical (unpaired) electrons. The molecule has 3 heterocycles. The smallest absolute Gasteiger partial charge is 0.350 e. The SMILES string of the molecule is O=C1N=C(NC2CCCCC2)C2(CCN(Cc3cccc4c3OCC4)CC2)N1c1cccc(F)c1. The summed E-state index contributed by atoms with van der Waals surface area (Å²) < 4.78 is 20.1.